The Kier molecular flexibility index (Phi) is 4.77. The summed E-state index contributed by atoms with van der Waals surface area (Å²) in [5, 5.41) is 17.0. The summed E-state index contributed by atoms with van der Waals surface area (Å²) in [6.07, 6.45) is 3.42. The highest BCUT2D eigenvalue weighted by molar-refractivity contribution is 5.99. The number of benzene rings is 1. The molecule has 0 heterocycles. The molecule has 1 aromatic carbocycles. The van der Waals surface area contributed by atoms with Crippen LogP contribution in [-0.2, 0) is 0 Å². The van der Waals surface area contributed by atoms with Crippen molar-refractivity contribution >= 4 is 17.3 Å². The van der Waals surface area contributed by atoms with Crippen LogP contribution in [0.1, 0.15) is 43.5 Å². The molecule has 1 atom stereocenters. The van der Waals surface area contributed by atoms with E-state index >= 15 is 0 Å². The van der Waals surface area contributed by atoms with Crippen molar-refractivity contribution in [3.63, 3.8) is 0 Å². The second-order valence-electron chi connectivity index (χ2n) is 5.47. The zero-order chi connectivity index (χ0) is 15.4. The van der Waals surface area contributed by atoms with Crippen LogP contribution >= 0.6 is 0 Å². The summed E-state index contributed by atoms with van der Waals surface area (Å²) in [6, 6.07) is 4.59. The Balaban J connectivity index is 2.19. The number of hydrogen-bond donors (Lipinski definition) is 2. The van der Waals surface area contributed by atoms with Crippen molar-refractivity contribution in [3.05, 3.63) is 33.9 Å². The van der Waals surface area contributed by atoms with Crippen LogP contribution in [0.15, 0.2) is 18.2 Å². The second kappa shape index (κ2) is 6.56. The molecule has 1 aliphatic carbocycles. The zero-order valence-electron chi connectivity index (χ0n) is 12.4. The average molecular weight is 291 g/mol. The number of nitrogens with one attached hydrogen (secondary N) is 2. The summed E-state index contributed by atoms with van der Waals surface area (Å²) in [5.74, 6) is 0.116. The van der Waals surface area contributed by atoms with Crippen molar-refractivity contribution in [1.29, 1.82) is 0 Å². The van der Waals surface area contributed by atoms with Crippen molar-refractivity contribution in [1.82, 2.24) is 5.32 Å². The smallest absolute Gasteiger partial charge is 0.282 e. The predicted octanol–water partition coefficient (Wildman–Crippen LogP) is 2.95. The number of nitro groups is 1. The van der Waals surface area contributed by atoms with Crippen LogP contribution < -0.4 is 10.6 Å². The minimum atomic E-state index is -0.515. The van der Waals surface area contributed by atoms with Gasteiger partial charge in [0.2, 0.25) is 0 Å². The Labute approximate surface area is 124 Å². The Bertz CT molecular complexity index is 541. The van der Waals surface area contributed by atoms with Crippen LogP contribution in [0.3, 0.4) is 0 Å². The average Bonchev–Trinajstić information content (AvgIpc) is 2.36. The number of carbonyl (C=O) groups is 1. The maximum absolute atomic E-state index is 12.3. The second-order valence-corrected chi connectivity index (χ2v) is 5.47. The molecule has 0 aromatic heterocycles. The van der Waals surface area contributed by atoms with Gasteiger partial charge in [0.25, 0.3) is 11.6 Å². The zero-order valence-corrected chi connectivity index (χ0v) is 12.4. The van der Waals surface area contributed by atoms with Gasteiger partial charge in [0.15, 0.2) is 0 Å². The number of carbonyl (C=O) groups excluding carboxylic acids is 1. The van der Waals surface area contributed by atoms with Gasteiger partial charge < -0.3 is 10.6 Å². The van der Waals surface area contributed by atoms with Crippen LogP contribution in [0, 0.1) is 16.0 Å². The number of anilines is 1. The number of hydrogen-bond acceptors (Lipinski definition) is 4. The Morgan fingerprint density at radius 1 is 1.48 bits per heavy atom. The van der Waals surface area contributed by atoms with E-state index in [-0.39, 0.29) is 23.2 Å². The van der Waals surface area contributed by atoms with Gasteiger partial charge >= 0.3 is 0 Å². The molecule has 0 spiro atoms. The quantitative estimate of drug-likeness (QED) is 0.623. The minimum Gasteiger partial charge on any atom is -0.385 e. The molecular formula is C15H21N3O3. The van der Waals surface area contributed by atoms with Crippen molar-refractivity contribution in [2.24, 2.45) is 5.92 Å². The third-order valence-electron chi connectivity index (χ3n) is 4.03. The van der Waals surface area contributed by atoms with E-state index in [2.05, 4.69) is 10.6 Å². The van der Waals surface area contributed by atoms with Gasteiger partial charge in [-0.1, -0.05) is 6.42 Å². The molecule has 1 saturated carbocycles. The third-order valence-corrected chi connectivity index (χ3v) is 4.03. The first-order valence-electron chi connectivity index (χ1n) is 7.36. The van der Waals surface area contributed by atoms with E-state index in [0.717, 1.165) is 12.8 Å². The Morgan fingerprint density at radius 3 is 2.71 bits per heavy atom. The Morgan fingerprint density at radius 2 is 2.19 bits per heavy atom. The van der Waals surface area contributed by atoms with E-state index in [9.17, 15) is 14.9 Å². The van der Waals surface area contributed by atoms with Crippen LogP contribution in [0.4, 0.5) is 11.4 Å². The molecule has 0 saturated heterocycles. The molecule has 114 valence electrons. The van der Waals surface area contributed by atoms with E-state index in [1.165, 1.54) is 12.5 Å². The molecule has 0 aliphatic heterocycles. The molecule has 2 rings (SSSR count). The lowest BCUT2D eigenvalue weighted by Gasteiger charge is -2.31. The molecule has 21 heavy (non-hydrogen) atoms. The van der Waals surface area contributed by atoms with Crippen molar-refractivity contribution < 1.29 is 9.72 Å². The van der Waals surface area contributed by atoms with Gasteiger partial charge in [-0.05, 0) is 44.7 Å². The fraction of sp³-hybridized carbons (Fsp3) is 0.533. The SMILES string of the molecule is CCNc1ccc([N+](=O)[O-])c(C(=O)NC(C)C2CCC2)c1. The number of nitro benzene ring substituents is 1. The normalized spacial score (nSPS) is 15.9. The molecule has 0 radical (unpaired) electrons. The maximum atomic E-state index is 12.3. The van der Waals surface area contributed by atoms with Gasteiger partial charge in [-0.25, -0.2) is 0 Å². The van der Waals surface area contributed by atoms with Gasteiger partial charge in [-0.3, -0.25) is 14.9 Å². The molecule has 1 amide bonds. The third kappa shape index (κ3) is 3.51. The minimum absolute atomic E-state index is 0.0497. The number of rotatable bonds is 6. The lowest BCUT2D eigenvalue weighted by molar-refractivity contribution is -0.385. The number of nitrogens with zero attached hydrogens (tertiary/aromatic N) is 1. The summed E-state index contributed by atoms with van der Waals surface area (Å²) in [5.41, 5.74) is 0.670. The molecule has 1 aliphatic rings. The van der Waals surface area contributed by atoms with E-state index in [0.29, 0.717) is 18.2 Å². The van der Waals surface area contributed by atoms with Gasteiger partial charge in [-0.2, -0.15) is 0 Å². The topological polar surface area (TPSA) is 84.3 Å². The van der Waals surface area contributed by atoms with Crippen LogP contribution in [0.5, 0.6) is 0 Å². The van der Waals surface area contributed by atoms with E-state index in [1.54, 1.807) is 12.1 Å². The molecule has 6 nitrogen and oxygen atoms in total. The summed E-state index contributed by atoms with van der Waals surface area (Å²) in [4.78, 5) is 22.9. The van der Waals surface area contributed by atoms with Crippen LogP contribution in [0.2, 0.25) is 0 Å². The maximum Gasteiger partial charge on any atom is 0.282 e. The highest BCUT2D eigenvalue weighted by Gasteiger charge is 2.27. The van der Waals surface area contributed by atoms with Crippen LogP contribution in [0.25, 0.3) is 0 Å². The Hall–Kier alpha value is -2.11. The predicted molar refractivity (Wildman–Crippen MR) is 81.5 cm³/mol. The summed E-state index contributed by atoms with van der Waals surface area (Å²) in [6.45, 7) is 4.58. The summed E-state index contributed by atoms with van der Waals surface area (Å²) >= 11 is 0. The summed E-state index contributed by atoms with van der Waals surface area (Å²) in [7, 11) is 0. The van der Waals surface area contributed by atoms with Gasteiger partial charge in [0.1, 0.15) is 5.56 Å². The largest absolute Gasteiger partial charge is 0.385 e. The molecule has 6 heteroatoms. The van der Waals surface area contributed by atoms with Crippen molar-refractivity contribution in [2.75, 3.05) is 11.9 Å². The van der Waals surface area contributed by atoms with Gasteiger partial charge in [0, 0.05) is 24.3 Å². The fourth-order valence-electron chi connectivity index (χ4n) is 2.53. The lowest BCUT2D eigenvalue weighted by atomic mass is 9.80. The highest BCUT2D eigenvalue weighted by Crippen LogP contribution is 2.30. The van der Waals surface area contributed by atoms with Crippen molar-refractivity contribution in [2.45, 2.75) is 39.2 Å². The summed E-state index contributed by atoms with van der Waals surface area (Å²) < 4.78 is 0. The first-order chi connectivity index (χ1) is 10.0. The fourth-order valence-corrected chi connectivity index (χ4v) is 2.53. The standard InChI is InChI=1S/C15H21N3O3/c1-3-16-12-7-8-14(18(20)21)13(9-12)15(19)17-10(2)11-5-4-6-11/h7-11,16H,3-6H2,1-2H3,(H,17,19). The van der Waals surface area contributed by atoms with Gasteiger partial charge in [-0.15, -0.1) is 0 Å². The molecule has 0 bridgehead atoms. The van der Waals surface area contributed by atoms with E-state index in [1.807, 2.05) is 13.8 Å². The lowest BCUT2D eigenvalue weighted by Crippen LogP contribution is -2.40. The van der Waals surface area contributed by atoms with E-state index < -0.39 is 4.92 Å². The van der Waals surface area contributed by atoms with Crippen molar-refractivity contribution in [3.8, 4) is 0 Å². The first kappa shape index (κ1) is 15.3. The molecule has 1 unspecified atom stereocenters. The highest BCUT2D eigenvalue weighted by atomic mass is 16.6. The molecular weight excluding hydrogens is 270 g/mol. The first-order valence-corrected chi connectivity index (χ1v) is 7.36. The van der Waals surface area contributed by atoms with Gasteiger partial charge in [0.05, 0.1) is 4.92 Å². The van der Waals surface area contributed by atoms with E-state index in [4.69, 9.17) is 0 Å². The van der Waals surface area contributed by atoms with Crippen LogP contribution in [-0.4, -0.2) is 23.4 Å². The molecule has 1 fully saturated rings. The molecule has 1 aromatic rings. The number of amides is 1. The molecule has 2 N–H and O–H groups in total. The monoisotopic (exact) mass is 291 g/mol.